The van der Waals surface area contributed by atoms with Gasteiger partial charge in [0.2, 0.25) is 5.91 Å². The molecule has 112 valence electrons. The highest BCUT2D eigenvalue weighted by Crippen LogP contribution is 2.26. The Balaban J connectivity index is 1.84. The quantitative estimate of drug-likeness (QED) is 0.887. The van der Waals surface area contributed by atoms with Crippen LogP contribution in [0.5, 0.6) is 0 Å². The molecule has 2 amide bonds. The van der Waals surface area contributed by atoms with E-state index in [2.05, 4.69) is 5.32 Å². The summed E-state index contributed by atoms with van der Waals surface area (Å²) in [5, 5.41) is 2.72. The van der Waals surface area contributed by atoms with Crippen molar-refractivity contribution in [2.45, 2.75) is 12.5 Å². The number of carbonyl (C=O) groups is 2. The Morgan fingerprint density at radius 1 is 1.05 bits per heavy atom. The molecule has 0 spiro atoms. The molecule has 4 nitrogen and oxygen atoms in total. The van der Waals surface area contributed by atoms with E-state index in [1.54, 1.807) is 6.07 Å². The Kier molecular flexibility index (Phi) is 3.58. The van der Waals surface area contributed by atoms with Crippen molar-refractivity contribution in [1.29, 1.82) is 0 Å². The van der Waals surface area contributed by atoms with Gasteiger partial charge in [0.05, 0.1) is 17.8 Å². The highest BCUT2D eigenvalue weighted by molar-refractivity contribution is 6.23. The molecule has 2 aromatic rings. The van der Waals surface area contributed by atoms with Gasteiger partial charge < -0.3 is 5.32 Å². The van der Waals surface area contributed by atoms with Crippen molar-refractivity contribution in [2.75, 3.05) is 10.2 Å². The molecule has 6 heteroatoms. The lowest BCUT2D eigenvalue weighted by Crippen LogP contribution is -2.35. The number of para-hydroxylation sites is 1. The number of nitrogens with one attached hydrogen (secondary N) is 1. The van der Waals surface area contributed by atoms with Gasteiger partial charge in [0, 0.05) is 0 Å². The number of hydrogen-bond donors (Lipinski definition) is 1. The monoisotopic (exact) mass is 302 g/mol. The Hall–Kier alpha value is -2.76. The number of nitrogens with zero attached hydrogens (tertiary/aromatic N) is 1. The number of halogens is 2. The number of benzene rings is 2. The molecule has 2 aromatic carbocycles. The lowest BCUT2D eigenvalue weighted by molar-refractivity contribution is -0.121. The fourth-order valence-electron chi connectivity index (χ4n) is 2.40. The van der Waals surface area contributed by atoms with Gasteiger partial charge in [-0.1, -0.05) is 18.2 Å². The predicted molar refractivity (Wildman–Crippen MR) is 77.3 cm³/mol. The number of anilines is 2. The van der Waals surface area contributed by atoms with E-state index in [-0.39, 0.29) is 17.8 Å². The molecule has 1 saturated heterocycles. The second kappa shape index (κ2) is 5.55. The van der Waals surface area contributed by atoms with Crippen molar-refractivity contribution >= 4 is 23.2 Å². The lowest BCUT2D eigenvalue weighted by Gasteiger charge is -2.16. The molecule has 3 rings (SSSR count). The average molecular weight is 302 g/mol. The van der Waals surface area contributed by atoms with Gasteiger partial charge in [-0.2, -0.15) is 0 Å². The summed E-state index contributed by atoms with van der Waals surface area (Å²) in [6.45, 7) is 0. The Morgan fingerprint density at radius 3 is 2.55 bits per heavy atom. The van der Waals surface area contributed by atoms with Gasteiger partial charge in [-0.05, 0) is 30.3 Å². The van der Waals surface area contributed by atoms with E-state index in [1.807, 2.05) is 0 Å². The second-order valence-electron chi connectivity index (χ2n) is 4.93. The third-order valence-electron chi connectivity index (χ3n) is 3.42. The summed E-state index contributed by atoms with van der Waals surface area (Å²) >= 11 is 0. The van der Waals surface area contributed by atoms with Crippen molar-refractivity contribution in [3.05, 3.63) is 60.2 Å². The van der Waals surface area contributed by atoms with Crippen LogP contribution in [0.4, 0.5) is 20.2 Å². The highest BCUT2D eigenvalue weighted by Gasteiger charge is 2.39. The maximum atomic E-state index is 13.6. The molecular formula is C16H12F2N2O2. The number of rotatable bonds is 3. The van der Waals surface area contributed by atoms with Gasteiger partial charge in [0.25, 0.3) is 5.91 Å². The zero-order chi connectivity index (χ0) is 15.7. The third-order valence-corrected chi connectivity index (χ3v) is 3.42. The minimum absolute atomic E-state index is 0.107. The fourth-order valence-corrected chi connectivity index (χ4v) is 2.40. The van der Waals surface area contributed by atoms with E-state index >= 15 is 0 Å². The number of amides is 2. The van der Waals surface area contributed by atoms with E-state index < -0.39 is 29.5 Å². The molecule has 0 bridgehead atoms. The fraction of sp³-hybridized carbons (Fsp3) is 0.125. The first-order valence-electron chi connectivity index (χ1n) is 6.69. The molecule has 0 saturated carbocycles. The molecule has 1 heterocycles. The molecule has 0 radical (unpaired) electrons. The van der Waals surface area contributed by atoms with Crippen LogP contribution in [-0.4, -0.2) is 17.9 Å². The van der Waals surface area contributed by atoms with Gasteiger partial charge in [0.15, 0.2) is 0 Å². The first kappa shape index (κ1) is 14.2. The molecule has 1 N–H and O–H groups in total. The molecule has 0 aliphatic carbocycles. The first-order chi connectivity index (χ1) is 10.6. The molecule has 0 aromatic heterocycles. The van der Waals surface area contributed by atoms with Crippen LogP contribution in [0.1, 0.15) is 6.42 Å². The first-order valence-corrected chi connectivity index (χ1v) is 6.69. The van der Waals surface area contributed by atoms with Gasteiger partial charge in [-0.3, -0.25) is 9.59 Å². The van der Waals surface area contributed by atoms with Crippen molar-refractivity contribution < 1.29 is 18.4 Å². The van der Waals surface area contributed by atoms with Crippen molar-refractivity contribution in [2.24, 2.45) is 0 Å². The van der Waals surface area contributed by atoms with Crippen LogP contribution in [0, 0.1) is 11.6 Å². The standard InChI is InChI=1S/C16H12F2N2O2/c17-10-4-3-5-11(8-10)20-15(21)9-14(16(20)22)19-13-7-2-1-6-12(13)18/h1-8,14,19H,9H2/t14-/m0/s1. The van der Waals surface area contributed by atoms with Crippen LogP contribution in [0.2, 0.25) is 0 Å². The van der Waals surface area contributed by atoms with E-state index in [0.717, 1.165) is 11.0 Å². The lowest BCUT2D eigenvalue weighted by atomic mass is 10.2. The highest BCUT2D eigenvalue weighted by atomic mass is 19.1. The predicted octanol–water partition coefficient (Wildman–Crippen LogP) is 2.71. The van der Waals surface area contributed by atoms with E-state index in [4.69, 9.17) is 0 Å². The normalized spacial score (nSPS) is 17.9. The Labute approximate surface area is 125 Å². The molecule has 1 atom stereocenters. The van der Waals surface area contributed by atoms with Crippen LogP contribution in [-0.2, 0) is 9.59 Å². The van der Waals surface area contributed by atoms with Crippen molar-refractivity contribution in [3.63, 3.8) is 0 Å². The maximum absolute atomic E-state index is 13.6. The number of hydrogen-bond acceptors (Lipinski definition) is 3. The second-order valence-corrected chi connectivity index (χ2v) is 4.93. The number of carbonyl (C=O) groups excluding carboxylic acids is 2. The van der Waals surface area contributed by atoms with Gasteiger partial charge >= 0.3 is 0 Å². The molecule has 1 aliphatic rings. The van der Waals surface area contributed by atoms with Gasteiger partial charge in [-0.25, -0.2) is 13.7 Å². The van der Waals surface area contributed by atoms with Gasteiger partial charge in [-0.15, -0.1) is 0 Å². The van der Waals surface area contributed by atoms with Gasteiger partial charge in [0.1, 0.15) is 17.7 Å². The van der Waals surface area contributed by atoms with E-state index in [1.165, 1.54) is 36.4 Å². The minimum atomic E-state index is -0.868. The smallest absolute Gasteiger partial charge is 0.256 e. The largest absolute Gasteiger partial charge is 0.371 e. The molecular weight excluding hydrogens is 290 g/mol. The molecule has 0 unspecified atom stereocenters. The van der Waals surface area contributed by atoms with Crippen molar-refractivity contribution in [3.8, 4) is 0 Å². The molecule has 1 fully saturated rings. The zero-order valence-corrected chi connectivity index (χ0v) is 11.4. The van der Waals surface area contributed by atoms with Crippen LogP contribution >= 0.6 is 0 Å². The zero-order valence-electron chi connectivity index (χ0n) is 11.4. The summed E-state index contributed by atoms with van der Waals surface area (Å²) in [7, 11) is 0. The summed E-state index contributed by atoms with van der Waals surface area (Å²) in [6.07, 6.45) is -0.107. The van der Waals surface area contributed by atoms with E-state index in [9.17, 15) is 18.4 Å². The summed E-state index contributed by atoms with van der Waals surface area (Å²) in [5.41, 5.74) is 0.322. The van der Waals surface area contributed by atoms with Crippen LogP contribution in [0.3, 0.4) is 0 Å². The summed E-state index contributed by atoms with van der Waals surface area (Å²) < 4.78 is 26.9. The van der Waals surface area contributed by atoms with Crippen molar-refractivity contribution in [1.82, 2.24) is 0 Å². The Bertz CT molecular complexity index is 748. The summed E-state index contributed by atoms with van der Waals surface area (Å²) in [5.74, 6) is -2.03. The molecule has 1 aliphatic heterocycles. The topological polar surface area (TPSA) is 49.4 Å². The Morgan fingerprint density at radius 2 is 1.82 bits per heavy atom. The SMILES string of the molecule is O=C1C[C@H](Nc2ccccc2F)C(=O)N1c1cccc(F)c1. The third kappa shape index (κ3) is 2.55. The number of imide groups is 1. The van der Waals surface area contributed by atoms with Crippen LogP contribution in [0.15, 0.2) is 48.5 Å². The average Bonchev–Trinajstić information content (AvgIpc) is 2.76. The van der Waals surface area contributed by atoms with Crippen LogP contribution < -0.4 is 10.2 Å². The van der Waals surface area contributed by atoms with E-state index in [0.29, 0.717) is 0 Å². The minimum Gasteiger partial charge on any atom is -0.371 e. The summed E-state index contributed by atoms with van der Waals surface area (Å²) in [6, 6.07) is 10.3. The summed E-state index contributed by atoms with van der Waals surface area (Å²) in [4.78, 5) is 25.3. The maximum Gasteiger partial charge on any atom is 0.256 e. The van der Waals surface area contributed by atoms with Crippen LogP contribution in [0.25, 0.3) is 0 Å². The molecule has 22 heavy (non-hydrogen) atoms.